The van der Waals surface area contributed by atoms with Crippen LogP contribution in [0.4, 0.5) is 4.39 Å². The van der Waals surface area contributed by atoms with Crippen LogP contribution in [0.3, 0.4) is 0 Å². The van der Waals surface area contributed by atoms with Gasteiger partial charge in [-0.3, -0.25) is 9.59 Å². The van der Waals surface area contributed by atoms with Crippen LogP contribution in [0.5, 0.6) is 0 Å². The van der Waals surface area contributed by atoms with Crippen molar-refractivity contribution in [3.05, 3.63) is 41.7 Å². The highest BCUT2D eigenvalue weighted by molar-refractivity contribution is 5.97. The zero-order valence-electron chi connectivity index (χ0n) is 11.9. The number of rotatable bonds is 5. The molecule has 1 aromatic rings. The Kier molecular flexibility index (Phi) is 5.90. The van der Waals surface area contributed by atoms with Crippen LogP contribution in [-0.2, 0) is 9.59 Å². The third-order valence-corrected chi connectivity index (χ3v) is 2.75. The maximum Gasteiger partial charge on any atom is 0.244 e. The standard InChI is InChI=1S/C15H19FN2O2/c1-4-17-15(20)11(3)18-14(19)9-10(2)12-5-7-13(16)8-6-12/h5-9,11H,4H2,1-3H3,(H,17,20)(H,18,19)/b10-9-/t11-/m1/s1. The molecule has 0 radical (unpaired) electrons. The Morgan fingerprint density at radius 2 is 1.90 bits per heavy atom. The summed E-state index contributed by atoms with van der Waals surface area (Å²) in [4.78, 5) is 23.3. The summed E-state index contributed by atoms with van der Waals surface area (Å²) in [7, 11) is 0. The topological polar surface area (TPSA) is 58.2 Å². The Hall–Kier alpha value is -2.17. The Balaban J connectivity index is 2.66. The molecule has 0 fully saturated rings. The summed E-state index contributed by atoms with van der Waals surface area (Å²) in [6, 6.07) is 5.27. The SMILES string of the molecule is CCNC(=O)[C@@H](C)NC(=O)/C=C(/C)c1ccc(F)cc1. The lowest BCUT2D eigenvalue weighted by molar-refractivity contribution is -0.126. The Morgan fingerprint density at radius 1 is 1.30 bits per heavy atom. The van der Waals surface area contributed by atoms with Crippen molar-refractivity contribution < 1.29 is 14.0 Å². The number of hydrogen-bond donors (Lipinski definition) is 2. The van der Waals surface area contributed by atoms with Gasteiger partial charge in [0.05, 0.1) is 0 Å². The number of likely N-dealkylation sites (N-methyl/N-ethyl adjacent to an activating group) is 1. The molecule has 2 N–H and O–H groups in total. The molecule has 0 bridgehead atoms. The van der Waals surface area contributed by atoms with Crippen molar-refractivity contribution in [2.45, 2.75) is 26.8 Å². The van der Waals surface area contributed by atoms with Gasteiger partial charge in [-0.2, -0.15) is 0 Å². The minimum absolute atomic E-state index is 0.228. The summed E-state index contributed by atoms with van der Waals surface area (Å²) in [5, 5.41) is 5.20. The van der Waals surface area contributed by atoms with Gasteiger partial charge in [-0.05, 0) is 44.0 Å². The van der Waals surface area contributed by atoms with Gasteiger partial charge in [0.25, 0.3) is 0 Å². The summed E-state index contributed by atoms with van der Waals surface area (Å²) in [6.07, 6.45) is 1.39. The fourth-order valence-electron chi connectivity index (χ4n) is 1.64. The van der Waals surface area contributed by atoms with E-state index in [-0.39, 0.29) is 17.6 Å². The van der Waals surface area contributed by atoms with Crippen molar-refractivity contribution in [2.24, 2.45) is 0 Å². The lowest BCUT2D eigenvalue weighted by atomic mass is 10.1. The third kappa shape index (κ3) is 4.84. The predicted octanol–water partition coefficient (Wildman–Crippen LogP) is 1.87. The second kappa shape index (κ2) is 7.43. The van der Waals surface area contributed by atoms with Gasteiger partial charge in [0.2, 0.25) is 11.8 Å². The number of hydrogen-bond acceptors (Lipinski definition) is 2. The van der Waals surface area contributed by atoms with Gasteiger partial charge in [0, 0.05) is 12.6 Å². The number of allylic oxidation sites excluding steroid dienone is 1. The molecule has 1 aromatic carbocycles. The molecule has 0 aliphatic rings. The lowest BCUT2D eigenvalue weighted by Gasteiger charge is -2.12. The van der Waals surface area contributed by atoms with E-state index in [0.717, 1.165) is 5.56 Å². The van der Waals surface area contributed by atoms with Crippen molar-refractivity contribution >= 4 is 17.4 Å². The smallest absolute Gasteiger partial charge is 0.244 e. The van der Waals surface area contributed by atoms with Gasteiger partial charge in [0.15, 0.2) is 0 Å². The molecule has 0 aliphatic carbocycles. The van der Waals surface area contributed by atoms with E-state index in [1.165, 1.54) is 18.2 Å². The van der Waals surface area contributed by atoms with E-state index in [0.29, 0.717) is 12.1 Å². The summed E-state index contributed by atoms with van der Waals surface area (Å²) in [6.45, 7) is 5.70. The molecular formula is C15H19FN2O2. The van der Waals surface area contributed by atoms with Gasteiger partial charge >= 0.3 is 0 Å². The van der Waals surface area contributed by atoms with E-state index in [4.69, 9.17) is 0 Å². The molecule has 0 saturated heterocycles. The van der Waals surface area contributed by atoms with E-state index in [2.05, 4.69) is 10.6 Å². The number of nitrogens with one attached hydrogen (secondary N) is 2. The average Bonchev–Trinajstić information content (AvgIpc) is 2.39. The molecule has 5 heteroatoms. The molecule has 4 nitrogen and oxygen atoms in total. The van der Waals surface area contributed by atoms with Crippen molar-refractivity contribution in [3.8, 4) is 0 Å². The summed E-state index contributed by atoms with van der Waals surface area (Å²) in [5.41, 5.74) is 1.46. The van der Waals surface area contributed by atoms with Crippen molar-refractivity contribution in [1.29, 1.82) is 0 Å². The van der Waals surface area contributed by atoms with E-state index >= 15 is 0 Å². The van der Waals surface area contributed by atoms with E-state index < -0.39 is 6.04 Å². The number of carbonyl (C=O) groups is 2. The quantitative estimate of drug-likeness (QED) is 0.808. The fraction of sp³-hybridized carbons (Fsp3) is 0.333. The fourth-order valence-corrected chi connectivity index (χ4v) is 1.64. The largest absolute Gasteiger partial charge is 0.355 e. The number of benzene rings is 1. The molecule has 2 amide bonds. The van der Waals surface area contributed by atoms with Crippen LogP contribution < -0.4 is 10.6 Å². The normalized spacial score (nSPS) is 12.7. The molecule has 0 unspecified atom stereocenters. The first kappa shape index (κ1) is 15.9. The number of halogens is 1. The van der Waals surface area contributed by atoms with Crippen LogP contribution in [0.25, 0.3) is 5.57 Å². The first-order valence-corrected chi connectivity index (χ1v) is 6.46. The molecule has 20 heavy (non-hydrogen) atoms. The van der Waals surface area contributed by atoms with Gasteiger partial charge < -0.3 is 10.6 Å². The average molecular weight is 278 g/mol. The summed E-state index contributed by atoms with van der Waals surface area (Å²) in [5.74, 6) is -0.907. The monoisotopic (exact) mass is 278 g/mol. The summed E-state index contributed by atoms with van der Waals surface area (Å²) < 4.78 is 12.8. The molecule has 0 saturated carbocycles. The molecule has 1 atom stereocenters. The van der Waals surface area contributed by atoms with Crippen LogP contribution in [0.1, 0.15) is 26.3 Å². The number of carbonyl (C=O) groups excluding carboxylic acids is 2. The van der Waals surface area contributed by atoms with Gasteiger partial charge in [0.1, 0.15) is 11.9 Å². The molecule has 0 heterocycles. The molecular weight excluding hydrogens is 259 g/mol. The zero-order valence-corrected chi connectivity index (χ0v) is 11.9. The van der Waals surface area contributed by atoms with Crippen LogP contribution in [-0.4, -0.2) is 24.4 Å². The second-order valence-electron chi connectivity index (χ2n) is 4.46. The Morgan fingerprint density at radius 3 is 2.45 bits per heavy atom. The Labute approximate surface area is 118 Å². The summed E-state index contributed by atoms with van der Waals surface area (Å²) >= 11 is 0. The van der Waals surface area contributed by atoms with Crippen molar-refractivity contribution in [3.63, 3.8) is 0 Å². The van der Waals surface area contributed by atoms with E-state index in [1.54, 1.807) is 26.0 Å². The first-order chi connectivity index (χ1) is 9.43. The van der Waals surface area contributed by atoms with E-state index in [9.17, 15) is 14.0 Å². The molecule has 108 valence electrons. The van der Waals surface area contributed by atoms with Crippen molar-refractivity contribution in [2.75, 3.05) is 6.54 Å². The van der Waals surface area contributed by atoms with Crippen LogP contribution in [0.15, 0.2) is 30.3 Å². The van der Waals surface area contributed by atoms with Crippen LogP contribution in [0, 0.1) is 5.82 Å². The van der Waals surface area contributed by atoms with Crippen molar-refractivity contribution in [1.82, 2.24) is 10.6 Å². The maximum atomic E-state index is 12.8. The highest BCUT2D eigenvalue weighted by atomic mass is 19.1. The van der Waals surface area contributed by atoms with Gasteiger partial charge in [-0.1, -0.05) is 12.1 Å². The third-order valence-electron chi connectivity index (χ3n) is 2.75. The molecule has 0 aromatic heterocycles. The Bertz CT molecular complexity index is 509. The molecule has 0 spiro atoms. The minimum Gasteiger partial charge on any atom is -0.355 e. The zero-order chi connectivity index (χ0) is 15.1. The predicted molar refractivity (Wildman–Crippen MR) is 76.3 cm³/mol. The highest BCUT2D eigenvalue weighted by Gasteiger charge is 2.13. The highest BCUT2D eigenvalue weighted by Crippen LogP contribution is 2.13. The molecule has 1 rings (SSSR count). The maximum absolute atomic E-state index is 12.8. The second-order valence-corrected chi connectivity index (χ2v) is 4.46. The first-order valence-electron chi connectivity index (χ1n) is 6.46. The van der Waals surface area contributed by atoms with Gasteiger partial charge in [-0.25, -0.2) is 4.39 Å². The van der Waals surface area contributed by atoms with Crippen LogP contribution in [0.2, 0.25) is 0 Å². The number of amides is 2. The minimum atomic E-state index is -0.597. The molecule has 0 aliphatic heterocycles. The van der Waals surface area contributed by atoms with E-state index in [1.807, 2.05) is 6.92 Å². The van der Waals surface area contributed by atoms with Gasteiger partial charge in [-0.15, -0.1) is 0 Å². The lowest BCUT2D eigenvalue weighted by Crippen LogP contribution is -2.44. The van der Waals surface area contributed by atoms with Crippen LogP contribution >= 0.6 is 0 Å².